The van der Waals surface area contributed by atoms with Gasteiger partial charge in [0, 0.05) is 14.2 Å². The number of hydrogen-bond donors (Lipinski definition) is 1. The van der Waals surface area contributed by atoms with Crippen LogP contribution in [0.15, 0.2) is 0 Å². The molecule has 0 aromatic heterocycles. The predicted octanol–water partition coefficient (Wildman–Crippen LogP) is 0.666. The zero-order valence-electron chi connectivity index (χ0n) is 7.76. The van der Waals surface area contributed by atoms with Crippen LogP contribution in [0, 0.1) is 5.92 Å². The van der Waals surface area contributed by atoms with Gasteiger partial charge in [0.2, 0.25) is 0 Å². The maximum absolute atomic E-state index is 9.07. The van der Waals surface area contributed by atoms with Crippen LogP contribution in [-0.4, -0.2) is 38.1 Å². The fourth-order valence-electron chi connectivity index (χ4n) is 0.998. The smallest absolute Gasteiger partial charge is 0.116 e. The molecule has 0 saturated heterocycles. The Morgan fingerprint density at radius 3 is 2.00 bits per heavy atom. The van der Waals surface area contributed by atoms with Crippen molar-refractivity contribution in [1.82, 2.24) is 0 Å². The van der Waals surface area contributed by atoms with Gasteiger partial charge in [-0.1, -0.05) is 13.8 Å². The normalized spacial score (nSPS) is 16.9. The van der Waals surface area contributed by atoms with Crippen LogP contribution in [0.3, 0.4) is 0 Å². The zero-order valence-corrected chi connectivity index (χ0v) is 7.76. The summed E-state index contributed by atoms with van der Waals surface area (Å²) in [5.74, 6) is 0.248. The van der Waals surface area contributed by atoms with E-state index in [-0.39, 0.29) is 12.5 Å². The first-order valence-electron chi connectivity index (χ1n) is 3.78. The van der Waals surface area contributed by atoms with E-state index >= 15 is 0 Å². The molecule has 0 aliphatic heterocycles. The average molecular weight is 162 g/mol. The zero-order chi connectivity index (χ0) is 8.91. The Hall–Kier alpha value is -0.120. The number of aliphatic hydroxyl groups is 1. The summed E-state index contributed by atoms with van der Waals surface area (Å²) < 4.78 is 10.2. The van der Waals surface area contributed by atoms with Crippen LogP contribution >= 0.6 is 0 Å². The van der Waals surface area contributed by atoms with E-state index in [1.54, 1.807) is 14.2 Å². The van der Waals surface area contributed by atoms with Crippen LogP contribution < -0.4 is 0 Å². The van der Waals surface area contributed by atoms with Gasteiger partial charge in [-0.2, -0.15) is 0 Å². The molecule has 0 aliphatic rings. The van der Waals surface area contributed by atoms with Crippen molar-refractivity contribution in [3.05, 3.63) is 0 Å². The van der Waals surface area contributed by atoms with Gasteiger partial charge in [0.1, 0.15) is 5.60 Å². The van der Waals surface area contributed by atoms with E-state index in [2.05, 4.69) is 0 Å². The molecule has 1 N–H and O–H groups in total. The van der Waals surface area contributed by atoms with Gasteiger partial charge in [0.05, 0.1) is 13.2 Å². The molecule has 0 amide bonds. The summed E-state index contributed by atoms with van der Waals surface area (Å²) in [6.07, 6.45) is 0. The maximum Gasteiger partial charge on any atom is 0.116 e. The molecule has 0 spiro atoms. The Balaban J connectivity index is 4.20. The number of hydrogen-bond acceptors (Lipinski definition) is 3. The molecule has 1 atom stereocenters. The lowest BCUT2D eigenvalue weighted by Crippen LogP contribution is -2.45. The van der Waals surface area contributed by atoms with Crippen LogP contribution in [0.5, 0.6) is 0 Å². The molecule has 0 radical (unpaired) electrons. The molecular weight excluding hydrogens is 144 g/mol. The Kier molecular flexibility index (Phi) is 4.65. The second-order valence-corrected chi connectivity index (χ2v) is 3.01. The Bertz CT molecular complexity index is 97.5. The van der Waals surface area contributed by atoms with Crippen LogP contribution in [0.4, 0.5) is 0 Å². The highest BCUT2D eigenvalue weighted by Gasteiger charge is 2.32. The highest BCUT2D eigenvalue weighted by molar-refractivity contribution is 4.82. The Morgan fingerprint density at radius 1 is 1.36 bits per heavy atom. The van der Waals surface area contributed by atoms with E-state index in [0.717, 1.165) is 0 Å². The van der Waals surface area contributed by atoms with Crippen molar-refractivity contribution in [3.8, 4) is 0 Å². The minimum Gasteiger partial charge on any atom is -0.393 e. The first-order valence-corrected chi connectivity index (χ1v) is 3.78. The summed E-state index contributed by atoms with van der Waals surface area (Å²) in [6, 6.07) is 0. The van der Waals surface area contributed by atoms with E-state index in [1.165, 1.54) is 0 Å². The molecule has 1 unspecified atom stereocenters. The predicted molar refractivity (Wildman–Crippen MR) is 43.5 cm³/mol. The number of rotatable bonds is 5. The van der Waals surface area contributed by atoms with Gasteiger partial charge < -0.3 is 14.6 Å². The van der Waals surface area contributed by atoms with Crippen molar-refractivity contribution in [3.63, 3.8) is 0 Å². The second kappa shape index (κ2) is 4.70. The van der Waals surface area contributed by atoms with Crippen molar-refractivity contribution in [1.29, 1.82) is 0 Å². The third-order valence-corrected chi connectivity index (χ3v) is 2.12. The lowest BCUT2D eigenvalue weighted by Gasteiger charge is -2.33. The highest BCUT2D eigenvalue weighted by Crippen LogP contribution is 2.20. The van der Waals surface area contributed by atoms with Crippen molar-refractivity contribution >= 4 is 0 Å². The SMILES string of the molecule is COCC(CO)(OC)C(C)C. The molecule has 68 valence electrons. The summed E-state index contributed by atoms with van der Waals surface area (Å²) in [5.41, 5.74) is -0.533. The fraction of sp³-hybridized carbons (Fsp3) is 1.00. The molecule has 0 aromatic rings. The molecule has 0 rings (SSSR count). The van der Waals surface area contributed by atoms with E-state index in [1.807, 2.05) is 13.8 Å². The van der Waals surface area contributed by atoms with Crippen molar-refractivity contribution in [2.24, 2.45) is 5.92 Å². The number of aliphatic hydroxyl groups excluding tert-OH is 1. The Labute approximate surface area is 68.3 Å². The maximum atomic E-state index is 9.07. The van der Waals surface area contributed by atoms with Gasteiger partial charge in [0.15, 0.2) is 0 Å². The van der Waals surface area contributed by atoms with E-state index < -0.39 is 5.60 Å². The van der Waals surface area contributed by atoms with Crippen LogP contribution in [0.2, 0.25) is 0 Å². The third kappa shape index (κ3) is 2.43. The number of methoxy groups -OCH3 is 2. The van der Waals surface area contributed by atoms with E-state index in [0.29, 0.717) is 6.61 Å². The summed E-state index contributed by atoms with van der Waals surface area (Å²) in [5, 5.41) is 9.07. The van der Waals surface area contributed by atoms with Crippen LogP contribution in [0.25, 0.3) is 0 Å². The van der Waals surface area contributed by atoms with Gasteiger partial charge in [0.25, 0.3) is 0 Å². The second-order valence-electron chi connectivity index (χ2n) is 3.01. The van der Waals surface area contributed by atoms with E-state index in [9.17, 15) is 0 Å². The van der Waals surface area contributed by atoms with Gasteiger partial charge in [-0.15, -0.1) is 0 Å². The molecule has 0 heterocycles. The summed E-state index contributed by atoms with van der Waals surface area (Å²) >= 11 is 0. The summed E-state index contributed by atoms with van der Waals surface area (Å²) in [4.78, 5) is 0. The van der Waals surface area contributed by atoms with Gasteiger partial charge in [-0.3, -0.25) is 0 Å². The molecule has 0 aliphatic carbocycles. The molecule has 3 heteroatoms. The molecule has 0 aromatic carbocycles. The highest BCUT2D eigenvalue weighted by atomic mass is 16.5. The Morgan fingerprint density at radius 2 is 1.91 bits per heavy atom. The third-order valence-electron chi connectivity index (χ3n) is 2.12. The largest absolute Gasteiger partial charge is 0.393 e. The van der Waals surface area contributed by atoms with E-state index in [4.69, 9.17) is 14.6 Å². The van der Waals surface area contributed by atoms with Crippen molar-refractivity contribution < 1.29 is 14.6 Å². The monoisotopic (exact) mass is 162 g/mol. The molecule has 0 fully saturated rings. The van der Waals surface area contributed by atoms with Gasteiger partial charge >= 0.3 is 0 Å². The van der Waals surface area contributed by atoms with Gasteiger partial charge in [-0.05, 0) is 5.92 Å². The quantitative estimate of drug-likeness (QED) is 0.645. The molecule has 11 heavy (non-hydrogen) atoms. The standard InChI is InChI=1S/C8H18O3/c1-7(2)8(5-9,11-4)6-10-3/h7,9H,5-6H2,1-4H3. The number of ether oxygens (including phenoxy) is 2. The lowest BCUT2D eigenvalue weighted by atomic mass is 9.92. The minimum absolute atomic E-state index is 0.00495. The van der Waals surface area contributed by atoms with Crippen LogP contribution in [-0.2, 0) is 9.47 Å². The lowest BCUT2D eigenvalue weighted by molar-refractivity contribution is -0.122. The molecule has 0 bridgehead atoms. The van der Waals surface area contributed by atoms with Gasteiger partial charge in [-0.25, -0.2) is 0 Å². The van der Waals surface area contributed by atoms with Crippen LogP contribution in [0.1, 0.15) is 13.8 Å². The van der Waals surface area contributed by atoms with Crippen molar-refractivity contribution in [2.75, 3.05) is 27.4 Å². The molecule has 0 saturated carbocycles. The summed E-state index contributed by atoms with van der Waals surface area (Å²) in [7, 11) is 3.20. The minimum atomic E-state index is -0.533. The topological polar surface area (TPSA) is 38.7 Å². The summed E-state index contributed by atoms with van der Waals surface area (Å²) in [6.45, 7) is 4.42. The first-order chi connectivity index (χ1) is 5.13. The first kappa shape index (κ1) is 10.9. The fourth-order valence-corrected chi connectivity index (χ4v) is 0.998. The molecular formula is C8H18O3. The molecule has 3 nitrogen and oxygen atoms in total. The average Bonchev–Trinajstić information content (AvgIpc) is 2.00. The van der Waals surface area contributed by atoms with Crippen molar-refractivity contribution in [2.45, 2.75) is 19.4 Å².